The topological polar surface area (TPSA) is 145 Å². The third-order valence-corrected chi connectivity index (χ3v) is 4.11. The molecule has 0 aliphatic heterocycles. The Balaban J connectivity index is 4.52. The lowest BCUT2D eigenvalue weighted by Crippen LogP contribution is -2.56. The van der Waals surface area contributed by atoms with Crippen molar-refractivity contribution in [2.75, 3.05) is 25.4 Å². The number of hydrogen-bond acceptors (Lipinski definition) is 6. The van der Waals surface area contributed by atoms with Gasteiger partial charge in [0.05, 0.1) is 6.61 Å². The van der Waals surface area contributed by atoms with Gasteiger partial charge in [-0.2, -0.15) is 12.6 Å². The van der Waals surface area contributed by atoms with E-state index in [1.165, 1.54) is 20.8 Å². The molecule has 0 saturated heterocycles. The third-order valence-electron chi connectivity index (χ3n) is 3.43. The van der Waals surface area contributed by atoms with Crippen molar-refractivity contribution in [1.29, 1.82) is 0 Å². The maximum atomic E-state index is 12.1. The van der Waals surface area contributed by atoms with Crippen LogP contribution in [0.1, 0.15) is 27.2 Å². The zero-order chi connectivity index (χ0) is 18.3. The Kier molecular flexibility index (Phi) is 8.75. The fourth-order valence-electron chi connectivity index (χ4n) is 1.44. The summed E-state index contributed by atoms with van der Waals surface area (Å²) >= 11 is 3.94. The molecule has 0 fully saturated rings. The Hall–Kier alpha value is -0.640. The maximum Gasteiger partial charge on any atom is 0.469 e. The maximum absolute atomic E-state index is 12.1. The summed E-state index contributed by atoms with van der Waals surface area (Å²) in [5.41, 5.74) is -3.23. The first-order valence-electron chi connectivity index (χ1n) is 6.92. The molecule has 2 amide bonds. The van der Waals surface area contributed by atoms with Gasteiger partial charge in [0.15, 0.2) is 0 Å². The number of thiol groups is 1. The standard InChI is InChI=1S/C12H25N2O7PS/c1-11(2,8-21-22(18,19)20)12(3,17)10(16)14-5-4-9(15)13-6-7-23/h17,23H,4-8H2,1-3H3,(H,13,15)(H,14,16)(H2,18,19,20). The summed E-state index contributed by atoms with van der Waals surface area (Å²) in [6, 6.07) is 0. The first-order chi connectivity index (χ1) is 10.3. The highest BCUT2D eigenvalue weighted by Gasteiger charge is 2.46. The van der Waals surface area contributed by atoms with E-state index in [1.54, 1.807) is 0 Å². The summed E-state index contributed by atoms with van der Waals surface area (Å²) in [5, 5.41) is 15.3. The average Bonchev–Trinajstić information content (AvgIpc) is 2.42. The molecule has 11 heteroatoms. The highest BCUT2D eigenvalue weighted by molar-refractivity contribution is 7.80. The molecule has 0 aromatic rings. The molecule has 23 heavy (non-hydrogen) atoms. The van der Waals surface area contributed by atoms with E-state index in [0.717, 1.165) is 0 Å². The monoisotopic (exact) mass is 372 g/mol. The molecule has 0 aromatic heterocycles. The Labute approximate surface area is 140 Å². The van der Waals surface area contributed by atoms with Crippen molar-refractivity contribution in [3.63, 3.8) is 0 Å². The second-order valence-corrected chi connectivity index (χ2v) is 7.49. The Bertz CT molecular complexity index is 464. The molecule has 0 aliphatic rings. The predicted molar refractivity (Wildman–Crippen MR) is 86.9 cm³/mol. The van der Waals surface area contributed by atoms with Crippen molar-refractivity contribution in [2.24, 2.45) is 5.41 Å². The van der Waals surface area contributed by atoms with Gasteiger partial charge < -0.3 is 25.5 Å². The highest BCUT2D eigenvalue weighted by Crippen LogP contribution is 2.41. The number of carbonyl (C=O) groups is 2. The van der Waals surface area contributed by atoms with Crippen molar-refractivity contribution in [1.82, 2.24) is 10.6 Å². The molecular formula is C12H25N2O7PS. The number of aliphatic hydroxyl groups is 1. The molecule has 136 valence electrons. The van der Waals surface area contributed by atoms with Crippen molar-refractivity contribution in [3.8, 4) is 0 Å². The molecule has 0 rings (SSSR count). The first-order valence-corrected chi connectivity index (χ1v) is 9.08. The van der Waals surface area contributed by atoms with Crippen LogP contribution < -0.4 is 10.6 Å². The molecule has 5 N–H and O–H groups in total. The number of hydrogen-bond donors (Lipinski definition) is 6. The van der Waals surface area contributed by atoms with Crippen LogP contribution in [0.5, 0.6) is 0 Å². The minimum atomic E-state index is -4.71. The van der Waals surface area contributed by atoms with E-state index in [0.29, 0.717) is 12.3 Å². The smallest absolute Gasteiger partial charge is 0.380 e. The van der Waals surface area contributed by atoms with Gasteiger partial charge in [-0.1, -0.05) is 13.8 Å². The Morgan fingerprint density at radius 3 is 2.22 bits per heavy atom. The predicted octanol–water partition coefficient (Wildman–Crippen LogP) is -0.575. The van der Waals surface area contributed by atoms with Gasteiger partial charge in [0.25, 0.3) is 5.91 Å². The van der Waals surface area contributed by atoms with Gasteiger partial charge in [0, 0.05) is 30.7 Å². The van der Waals surface area contributed by atoms with Crippen LogP contribution in [0.3, 0.4) is 0 Å². The molecule has 0 radical (unpaired) electrons. The van der Waals surface area contributed by atoms with Crippen molar-refractivity contribution in [3.05, 3.63) is 0 Å². The Morgan fingerprint density at radius 2 is 1.74 bits per heavy atom. The van der Waals surface area contributed by atoms with Crippen molar-refractivity contribution in [2.45, 2.75) is 32.8 Å². The van der Waals surface area contributed by atoms with Crippen LogP contribution in [-0.4, -0.2) is 57.8 Å². The van der Waals surface area contributed by atoms with Gasteiger partial charge in [0.1, 0.15) is 5.60 Å². The van der Waals surface area contributed by atoms with Crippen molar-refractivity contribution >= 4 is 32.3 Å². The number of amides is 2. The second kappa shape index (κ2) is 9.00. The molecule has 0 saturated carbocycles. The van der Waals surface area contributed by atoms with Crippen LogP contribution in [0.2, 0.25) is 0 Å². The van der Waals surface area contributed by atoms with E-state index >= 15 is 0 Å². The second-order valence-electron chi connectivity index (χ2n) is 5.80. The number of rotatable bonds is 10. The highest BCUT2D eigenvalue weighted by atomic mass is 32.1. The molecule has 0 aromatic carbocycles. The number of phosphoric ester groups is 1. The van der Waals surface area contributed by atoms with E-state index in [-0.39, 0.29) is 18.9 Å². The molecule has 9 nitrogen and oxygen atoms in total. The first kappa shape index (κ1) is 22.4. The van der Waals surface area contributed by atoms with Crippen LogP contribution in [0.15, 0.2) is 0 Å². The van der Waals surface area contributed by atoms with Crippen LogP contribution in [-0.2, 0) is 18.7 Å². The summed E-state index contributed by atoms with van der Waals surface area (Å²) in [4.78, 5) is 40.9. The van der Waals surface area contributed by atoms with Crippen LogP contribution in [0.25, 0.3) is 0 Å². The van der Waals surface area contributed by atoms with E-state index in [1.807, 2.05) is 0 Å². The zero-order valence-corrected chi connectivity index (χ0v) is 15.2. The lowest BCUT2D eigenvalue weighted by molar-refractivity contribution is -0.153. The summed E-state index contributed by atoms with van der Waals surface area (Å²) in [7, 11) is -4.71. The quantitative estimate of drug-likeness (QED) is 0.222. The number of nitrogens with one attached hydrogen (secondary N) is 2. The summed E-state index contributed by atoms with van der Waals surface area (Å²) in [5.74, 6) is -0.525. The molecule has 1 atom stereocenters. The van der Waals surface area contributed by atoms with E-state index in [9.17, 15) is 19.3 Å². The zero-order valence-electron chi connectivity index (χ0n) is 13.4. The molecule has 0 spiro atoms. The van der Waals surface area contributed by atoms with Gasteiger partial charge in [-0.05, 0) is 6.92 Å². The fraction of sp³-hybridized carbons (Fsp3) is 0.833. The van der Waals surface area contributed by atoms with E-state index in [4.69, 9.17) is 9.79 Å². The van der Waals surface area contributed by atoms with Crippen LogP contribution >= 0.6 is 20.5 Å². The lowest BCUT2D eigenvalue weighted by Gasteiger charge is -2.38. The van der Waals surface area contributed by atoms with Crippen molar-refractivity contribution < 1.29 is 33.6 Å². The average molecular weight is 372 g/mol. The normalized spacial score (nSPS) is 14.9. The minimum Gasteiger partial charge on any atom is -0.380 e. The molecule has 1 unspecified atom stereocenters. The summed E-state index contributed by atoms with van der Waals surface area (Å²) in [6.07, 6.45) is 0.0367. The van der Waals surface area contributed by atoms with Crippen LogP contribution in [0, 0.1) is 5.41 Å². The molecule has 0 heterocycles. The number of carbonyl (C=O) groups excluding carboxylic acids is 2. The number of phosphoric acid groups is 1. The van der Waals surface area contributed by atoms with Gasteiger partial charge in [-0.15, -0.1) is 0 Å². The molecule has 0 bridgehead atoms. The van der Waals surface area contributed by atoms with Gasteiger partial charge in [-0.3, -0.25) is 14.1 Å². The fourth-order valence-corrected chi connectivity index (χ4v) is 2.04. The SMILES string of the molecule is CC(C)(COP(=O)(O)O)C(C)(O)C(=O)NCCC(=O)NCCS. The minimum absolute atomic E-state index is 0.0167. The largest absolute Gasteiger partial charge is 0.469 e. The molecule has 0 aliphatic carbocycles. The van der Waals surface area contributed by atoms with E-state index in [2.05, 4.69) is 27.8 Å². The summed E-state index contributed by atoms with van der Waals surface area (Å²) in [6.45, 7) is 3.99. The van der Waals surface area contributed by atoms with Crippen LogP contribution in [0.4, 0.5) is 0 Å². The lowest BCUT2D eigenvalue weighted by atomic mass is 9.76. The summed E-state index contributed by atoms with van der Waals surface area (Å²) < 4.78 is 15.1. The Morgan fingerprint density at radius 1 is 1.17 bits per heavy atom. The van der Waals surface area contributed by atoms with Gasteiger partial charge >= 0.3 is 7.82 Å². The van der Waals surface area contributed by atoms with Gasteiger partial charge in [0.2, 0.25) is 5.91 Å². The van der Waals surface area contributed by atoms with E-state index < -0.39 is 31.4 Å². The third kappa shape index (κ3) is 8.14. The van der Waals surface area contributed by atoms with Gasteiger partial charge in [-0.25, -0.2) is 4.57 Å². The molecular weight excluding hydrogens is 347 g/mol.